The molecule has 0 heterocycles. The molecule has 110 valence electrons. The molecule has 0 amide bonds. The lowest BCUT2D eigenvalue weighted by Crippen LogP contribution is -2.12. The Morgan fingerprint density at radius 3 is 2.26 bits per heavy atom. The van der Waals surface area contributed by atoms with Crippen molar-refractivity contribution in [3.63, 3.8) is 0 Å². The topological polar surface area (TPSA) is 24.7 Å². The first-order valence-electron chi connectivity index (χ1n) is 7.99. The van der Waals surface area contributed by atoms with Crippen molar-refractivity contribution in [3.8, 4) is 0 Å². The minimum Gasteiger partial charge on any atom is -0.249 e. The first kappa shape index (κ1) is 18.1. The molecule has 1 atom stereocenters. The van der Waals surface area contributed by atoms with Gasteiger partial charge in [-0.3, -0.25) is 0 Å². The highest BCUT2D eigenvalue weighted by atomic mass is 14.9. The Balaban J connectivity index is 4.44. The summed E-state index contributed by atoms with van der Waals surface area (Å²) in [4.78, 5) is 8.65. The summed E-state index contributed by atoms with van der Waals surface area (Å²) in [5, 5.41) is 0. The summed E-state index contributed by atoms with van der Waals surface area (Å²) in [7, 11) is 0. The second-order valence-electron chi connectivity index (χ2n) is 5.13. The van der Waals surface area contributed by atoms with Gasteiger partial charge in [-0.05, 0) is 26.0 Å². The number of hydrogen-bond donors (Lipinski definition) is 0. The second kappa shape index (κ2) is 13.5. The Kier molecular flexibility index (Phi) is 12.9. The predicted molar refractivity (Wildman–Crippen MR) is 88.2 cm³/mol. The Morgan fingerprint density at radius 1 is 1.00 bits per heavy atom. The number of nitrogens with zero attached hydrogens (tertiary/aromatic N) is 2. The van der Waals surface area contributed by atoms with Crippen LogP contribution in [-0.2, 0) is 0 Å². The minimum absolute atomic E-state index is 0.496. The van der Waals surface area contributed by atoms with Gasteiger partial charge in [-0.2, -0.15) is 0 Å². The largest absolute Gasteiger partial charge is 0.249 e. The monoisotopic (exact) mass is 264 g/mol. The average Bonchev–Trinajstić information content (AvgIpc) is 2.44. The van der Waals surface area contributed by atoms with Crippen molar-refractivity contribution in [1.29, 1.82) is 0 Å². The van der Waals surface area contributed by atoms with E-state index in [2.05, 4.69) is 43.5 Å². The van der Waals surface area contributed by atoms with Gasteiger partial charge in [0.2, 0.25) is 0 Å². The summed E-state index contributed by atoms with van der Waals surface area (Å²) >= 11 is 0. The molecular weight excluding hydrogens is 232 g/mol. The van der Waals surface area contributed by atoms with Gasteiger partial charge in [-0.25, -0.2) is 9.98 Å². The highest BCUT2D eigenvalue weighted by Gasteiger charge is 2.13. The van der Waals surface area contributed by atoms with Gasteiger partial charge >= 0.3 is 0 Å². The Labute approximate surface area is 120 Å². The average molecular weight is 264 g/mol. The summed E-state index contributed by atoms with van der Waals surface area (Å²) < 4.78 is 0. The molecular formula is C17H32N2. The van der Waals surface area contributed by atoms with Gasteiger partial charge in [0.15, 0.2) is 0 Å². The third-order valence-corrected chi connectivity index (χ3v) is 3.39. The number of hydrogen-bond acceptors (Lipinski definition) is 1. The fraction of sp³-hybridized carbons (Fsp3) is 0.765. The van der Waals surface area contributed by atoms with Crippen LogP contribution in [0.15, 0.2) is 22.3 Å². The molecule has 0 aliphatic heterocycles. The van der Waals surface area contributed by atoms with Gasteiger partial charge in [0.1, 0.15) is 5.84 Å². The highest BCUT2D eigenvalue weighted by molar-refractivity contribution is 5.88. The van der Waals surface area contributed by atoms with Crippen molar-refractivity contribution < 1.29 is 0 Å². The first-order valence-corrected chi connectivity index (χ1v) is 7.99. The Bertz CT molecular complexity index is 266. The third-order valence-electron chi connectivity index (χ3n) is 3.39. The molecule has 0 radical (unpaired) electrons. The zero-order valence-electron chi connectivity index (χ0n) is 13.2. The highest BCUT2D eigenvalue weighted by Crippen LogP contribution is 2.20. The quantitative estimate of drug-likeness (QED) is 0.256. The molecule has 0 aromatic carbocycles. The van der Waals surface area contributed by atoms with Crippen LogP contribution in [0.4, 0.5) is 0 Å². The molecule has 0 bridgehead atoms. The minimum atomic E-state index is 0.496. The second-order valence-corrected chi connectivity index (χ2v) is 5.13. The van der Waals surface area contributed by atoms with E-state index in [1.165, 1.54) is 51.4 Å². The van der Waals surface area contributed by atoms with Crippen LogP contribution < -0.4 is 0 Å². The Hall–Kier alpha value is -0.920. The van der Waals surface area contributed by atoms with Crippen LogP contribution in [0.25, 0.3) is 0 Å². The number of rotatable bonds is 11. The van der Waals surface area contributed by atoms with Gasteiger partial charge in [-0.15, -0.1) is 0 Å². The normalized spacial score (nSPS) is 13.9. The summed E-state index contributed by atoms with van der Waals surface area (Å²) in [6.45, 7) is 10.3. The third kappa shape index (κ3) is 9.63. The SMILES string of the molecule is C=N/C(=N\C=C/CC)C(CCCC)CCCCCC. The summed E-state index contributed by atoms with van der Waals surface area (Å²) in [6.07, 6.45) is 15.1. The van der Waals surface area contributed by atoms with Gasteiger partial charge in [0.05, 0.1) is 0 Å². The lowest BCUT2D eigenvalue weighted by molar-refractivity contribution is 0.503. The molecule has 0 saturated heterocycles. The molecule has 2 heteroatoms. The number of unbranched alkanes of at least 4 members (excludes halogenated alkanes) is 4. The van der Waals surface area contributed by atoms with E-state index in [-0.39, 0.29) is 0 Å². The molecule has 0 aromatic heterocycles. The maximum Gasteiger partial charge on any atom is 0.130 e. The summed E-state index contributed by atoms with van der Waals surface area (Å²) in [5.41, 5.74) is 0. The van der Waals surface area contributed by atoms with Crippen LogP contribution in [-0.4, -0.2) is 12.6 Å². The van der Waals surface area contributed by atoms with Crippen molar-refractivity contribution in [2.45, 2.75) is 78.6 Å². The lowest BCUT2D eigenvalue weighted by atomic mass is 9.94. The molecule has 2 nitrogen and oxygen atoms in total. The molecule has 0 rings (SSSR count). The molecule has 19 heavy (non-hydrogen) atoms. The zero-order chi connectivity index (χ0) is 14.3. The molecule has 0 aromatic rings. The summed E-state index contributed by atoms with van der Waals surface area (Å²) in [5.74, 6) is 1.44. The summed E-state index contributed by atoms with van der Waals surface area (Å²) in [6, 6.07) is 0. The van der Waals surface area contributed by atoms with E-state index < -0.39 is 0 Å². The van der Waals surface area contributed by atoms with Gasteiger partial charge in [0, 0.05) is 12.1 Å². The molecule has 0 fully saturated rings. The van der Waals surface area contributed by atoms with E-state index in [1.54, 1.807) is 0 Å². The van der Waals surface area contributed by atoms with E-state index in [0.29, 0.717) is 5.92 Å². The zero-order valence-corrected chi connectivity index (χ0v) is 13.2. The van der Waals surface area contributed by atoms with Crippen LogP contribution in [0.2, 0.25) is 0 Å². The van der Waals surface area contributed by atoms with Gasteiger partial charge < -0.3 is 0 Å². The van der Waals surface area contributed by atoms with E-state index in [1.807, 2.05) is 6.20 Å². The lowest BCUT2D eigenvalue weighted by Gasteiger charge is -2.15. The smallest absolute Gasteiger partial charge is 0.130 e. The molecule has 0 N–H and O–H groups in total. The fourth-order valence-electron chi connectivity index (χ4n) is 2.18. The molecule has 1 unspecified atom stereocenters. The molecule has 0 spiro atoms. The standard InChI is InChI=1S/C17H32N2/c1-5-8-11-12-14-16(13-9-6-2)17(18-4)19-15-10-7-3/h10,15-16H,4-9,11-14H2,1-3H3/b15-10-,19-17-. The van der Waals surface area contributed by atoms with Crippen LogP contribution in [0.3, 0.4) is 0 Å². The molecule has 0 aliphatic carbocycles. The van der Waals surface area contributed by atoms with E-state index in [9.17, 15) is 0 Å². The van der Waals surface area contributed by atoms with E-state index in [4.69, 9.17) is 0 Å². The maximum absolute atomic E-state index is 4.49. The maximum atomic E-state index is 4.49. The van der Waals surface area contributed by atoms with Crippen molar-refractivity contribution >= 4 is 12.6 Å². The molecule has 0 saturated carbocycles. The van der Waals surface area contributed by atoms with Crippen LogP contribution in [0.5, 0.6) is 0 Å². The number of aliphatic imine (C=N–C) groups is 2. The number of allylic oxidation sites excluding steroid dienone is 1. The van der Waals surface area contributed by atoms with Crippen LogP contribution >= 0.6 is 0 Å². The van der Waals surface area contributed by atoms with E-state index >= 15 is 0 Å². The fourth-order valence-corrected chi connectivity index (χ4v) is 2.18. The Morgan fingerprint density at radius 2 is 1.68 bits per heavy atom. The number of amidine groups is 1. The van der Waals surface area contributed by atoms with Crippen LogP contribution in [0, 0.1) is 5.92 Å². The van der Waals surface area contributed by atoms with Crippen molar-refractivity contribution in [2.75, 3.05) is 0 Å². The van der Waals surface area contributed by atoms with E-state index in [0.717, 1.165) is 12.3 Å². The predicted octanol–water partition coefficient (Wildman–Crippen LogP) is 5.79. The van der Waals surface area contributed by atoms with Crippen molar-refractivity contribution in [1.82, 2.24) is 0 Å². The van der Waals surface area contributed by atoms with Crippen molar-refractivity contribution in [3.05, 3.63) is 12.3 Å². The van der Waals surface area contributed by atoms with Gasteiger partial charge in [0.25, 0.3) is 0 Å². The first-order chi connectivity index (χ1) is 9.29. The molecule has 0 aliphatic rings. The van der Waals surface area contributed by atoms with Gasteiger partial charge in [-0.1, -0.05) is 65.4 Å². The van der Waals surface area contributed by atoms with Crippen molar-refractivity contribution in [2.24, 2.45) is 15.9 Å². The van der Waals surface area contributed by atoms with Crippen LogP contribution in [0.1, 0.15) is 78.6 Å².